The third-order valence-electron chi connectivity index (χ3n) is 6.39. The number of carbonyl (C=O) groups is 2. The van der Waals surface area contributed by atoms with E-state index in [1.807, 2.05) is 19.1 Å². The maximum Gasteiger partial charge on any atom is 0.326 e. The highest BCUT2D eigenvalue weighted by Gasteiger charge is 2.58. The molecule has 1 fully saturated rings. The average molecular weight is 470 g/mol. The van der Waals surface area contributed by atoms with Crippen LogP contribution in [-0.4, -0.2) is 68.2 Å². The topological polar surface area (TPSA) is 100 Å². The third kappa shape index (κ3) is 5.77. The molecule has 3 rings (SSSR count). The van der Waals surface area contributed by atoms with E-state index in [4.69, 9.17) is 0 Å². The van der Waals surface area contributed by atoms with Gasteiger partial charge in [-0.15, -0.1) is 11.7 Å². The van der Waals surface area contributed by atoms with Crippen molar-refractivity contribution in [2.24, 2.45) is 5.41 Å². The minimum Gasteiger partial charge on any atom is -0.480 e. The zero-order valence-electron chi connectivity index (χ0n) is 19.6. The van der Waals surface area contributed by atoms with Crippen LogP contribution in [0.15, 0.2) is 61.5 Å². The van der Waals surface area contributed by atoms with Gasteiger partial charge in [0, 0.05) is 23.6 Å². The molecule has 182 valence electrons. The fraction of sp³-hybridized carbons (Fsp3) is 0.440. The largest absolute Gasteiger partial charge is 0.480 e. The Morgan fingerprint density at radius 3 is 2.71 bits per heavy atom. The van der Waals surface area contributed by atoms with Gasteiger partial charge in [-0.25, -0.2) is 13.9 Å². The maximum atomic E-state index is 14.3. The molecule has 0 aliphatic heterocycles. The van der Waals surface area contributed by atoms with Gasteiger partial charge in [-0.05, 0) is 63.9 Å². The molecule has 1 aromatic carbocycles. The number of hydrogen-bond donors (Lipinski definition) is 2. The summed E-state index contributed by atoms with van der Waals surface area (Å²) in [6.45, 7) is 8.46. The van der Waals surface area contributed by atoms with Crippen molar-refractivity contribution in [1.29, 1.82) is 0 Å². The van der Waals surface area contributed by atoms with Crippen LogP contribution in [0.25, 0.3) is 5.69 Å². The van der Waals surface area contributed by atoms with Crippen LogP contribution in [0.1, 0.15) is 43.5 Å². The Balaban J connectivity index is 1.57. The Hall–Kier alpha value is -3.33. The summed E-state index contributed by atoms with van der Waals surface area (Å²) in [7, 11) is 0. The van der Waals surface area contributed by atoms with Gasteiger partial charge in [0.25, 0.3) is 5.91 Å². The van der Waals surface area contributed by atoms with Crippen molar-refractivity contribution in [1.82, 2.24) is 25.2 Å². The summed E-state index contributed by atoms with van der Waals surface area (Å²) in [5, 5.41) is 19.9. The zero-order chi connectivity index (χ0) is 24.7. The molecule has 2 N–H and O–H groups in total. The lowest BCUT2D eigenvalue weighted by Crippen LogP contribution is -2.41. The van der Waals surface area contributed by atoms with Gasteiger partial charge in [0.05, 0.1) is 18.1 Å². The lowest BCUT2D eigenvalue weighted by molar-refractivity contribution is -0.139. The molecule has 1 aromatic heterocycles. The number of carboxylic acids is 1. The SMILES string of the molecule is C=CCN(CCC[C@H](NC(=O)c1ccc(-n2ccnn2)cc1)C(=O)O)[C@@H]1CC1(/C=C/C)[C@@H](C)F. The molecular formula is C25H32FN5O3. The molecule has 0 bridgehead atoms. The van der Waals surface area contributed by atoms with Gasteiger partial charge in [0.2, 0.25) is 0 Å². The van der Waals surface area contributed by atoms with E-state index in [1.54, 1.807) is 54.3 Å². The van der Waals surface area contributed by atoms with Crippen molar-refractivity contribution in [2.45, 2.75) is 51.4 Å². The first kappa shape index (κ1) is 25.3. The first-order chi connectivity index (χ1) is 16.3. The second-order valence-corrected chi connectivity index (χ2v) is 8.63. The molecule has 0 saturated heterocycles. The number of nitrogens with one attached hydrogen (secondary N) is 1. The summed E-state index contributed by atoms with van der Waals surface area (Å²) < 4.78 is 15.9. The van der Waals surface area contributed by atoms with E-state index < -0.39 is 29.5 Å². The highest BCUT2D eigenvalue weighted by Crippen LogP contribution is 2.54. The van der Waals surface area contributed by atoms with Crippen molar-refractivity contribution in [3.8, 4) is 5.69 Å². The highest BCUT2D eigenvalue weighted by molar-refractivity contribution is 5.96. The van der Waals surface area contributed by atoms with Gasteiger partial charge in [-0.1, -0.05) is 23.4 Å². The van der Waals surface area contributed by atoms with Gasteiger partial charge >= 0.3 is 5.97 Å². The predicted octanol–water partition coefficient (Wildman–Crippen LogP) is 3.41. The number of aliphatic carboxylic acids is 1. The molecule has 0 spiro atoms. The number of alkyl halides is 1. The normalized spacial score (nSPS) is 21.4. The number of halogens is 1. The molecule has 1 amide bonds. The van der Waals surface area contributed by atoms with Crippen molar-refractivity contribution >= 4 is 11.9 Å². The predicted molar refractivity (Wildman–Crippen MR) is 127 cm³/mol. The lowest BCUT2D eigenvalue weighted by Gasteiger charge is -2.26. The smallest absolute Gasteiger partial charge is 0.326 e. The van der Waals surface area contributed by atoms with E-state index in [1.165, 1.54) is 0 Å². The van der Waals surface area contributed by atoms with Gasteiger partial charge in [-0.2, -0.15) is 0 Å². The lowest BCUT2D eigenvalue weighted by atomic mass is 9.99. The van der Waals surface area contributed by atoms with Gasteiger partial charge in [0.1, 0.15) is 12.2 Å². The quantitative estimate of drug-likeness (QED) is 0.436. The molecule has 2 aromatic rings. The first-order valence-corrected chi connectivity index (χ1v) is 11.5. The van der Waals surface area contributed by atoms with E-state index in [0.29, 0.717) is 25.1 Å². The second-order valence-electron chi connectivity index (χ2n) is 8.63. The molecule has 4 atom stereocenters. The fourth-order valence-corrected chi connectivity index (χ4v) is 4.44. The van der Waals surface area contributed by atoms with E-state index >= 15 is 0 Å². The number of rotatable bonds is 13. The Kier molecular flexibility index (Phi) is 8.33. The Bertz CT molecular complexity index is 1010. The number of hydrogen-bond acceptors (Lipinski definition) is 5. The number of carbonyl (C=O) groups excluding carboxylic acids is 1. The van der Waals surface area contributed by atoms with Crippen molar-refractivity contribution in [3.63, 3.8) is 0 Å². The molecule has 34 heavy (non-hydrogen) atoms. The van der Waals surface area contributed by atoms with Crippen LogP contribution in [0.5, 0.6) is 0 Å². The molecule has 0 radical (unpaired) electrons. The van der Waals surface area contributed by atoms with Crippen LogP contribution in [0.4, 0.5) is 4.39 Å². The van der Waals surface area contributed by atoms with Crippen LogP contribution in [0.3, 0.4) is 0 Å². The molecule has 8 nitrogen and oxygen atoms in total. The van der Waals surface area contributed by atoms with E-state index in [9.17, 15) is 19.1 Å². The average Bonchev–Trinajstić information content (AvgIpc) is 3.28. The first-order valence-electron chi connectivity index (χ1n) is 11.5. The van der Waals surface area contributed by atoms with E-state index in [2.05, 4.69) is 27.1 Å². The Morgan fingerprint density at radius 2 is 2.15 bits per heavy atom. The highest BCUT2D eigenvalue weighted by atomic mass is 19.1. The van der Waals surface area contributed by atoms with Crippen molar-refractivity contribution in [3.05, 3.63) is 67.0 Å². The molecule has 1 saturated carbocycles. The van der Waals surface area contributed by atoms with Crippen LogP contribution in [0, 0.1) is 5.41 Å². The van der Waals surface area contributed by atoms with Crippen LogP contribution < -0.4 is 5.32 Å². The van der Waals surface area contributed by atoms with Gasteiger partial charge in [0.15, 0.2) is 0 Å². The molecule has 9 heteroatoms. The fourth-order valence-electron chi connectivity index (χ4n) is 4.44. The molecule has 1 heterocycles. The van der Waals surface area contributed by atoms with Gasteiger partial charge in [-0.3, -0.25) is 9.69 Å². The summed E-state index contributed by atoms with van der Waals surface area (Å²) in [4.78, 5) is 26.5. The van der Waals surface area contributed by atoms with Crippen molar-refractivity contribution < 1.29 is 19.1 Å². The molecule has 1 aliphatic carbocycles. The van der Waals surface area contributed by atoms with E-state index in [-0.39, 0.29) is 12.5 Å². The zero-order valence-corrected chi connectivity index (χ0v) is 19.6. The summed E-state index contributed by atoms with van der Waals surface area (Å²) in [5.74, 6) is -1.55. The second kappa shape index (κ2) is 11.2. The Morgan fingerprint density at radius 1 is 1.41 bits per heavy atom. The number of amides is 1. The van der Waals surface area contributed by atoms with Crippen LogP contribution in [-0.2, 0) is 4.79 Å². The summed E-state index contributed by atoms with van der Waals surface area (Å²) in [6, 6.07) is 5.69. The summed E-state index contributed by atoms with van der Waals surface area (Å²) >= 11 is 0. The van der Waals surface area contributed by atoms with Gasteiger partial charge < -0.3 is 10.4 Å². The number of allylic oxidation sites excluding steroid dienone is 1. The van der Waals surface area contributed by atoms with Crippen molar-refractivity contribution in [2.75, 3.05) is 13.1 Å². The minimum atomic E-state index is -1.09. The van der Waals surface area contributed by atoms with Crippen LogP contribution >= 0.6 is 0 Å². The molecule has 1 unspecified atom stereocenters. The van der Waals surface area contributed by atoms with E-state index in [0.717, 1.165) is 12.1 Å². The number of aromatic nitrogens is 3. The number of nitrogens with zero attached hydrogens (tertiary/aromatic N) is 4. The maximum absolute atomic E-state index is 14.3. The molecule has 1 aliphatic rings. The Labute approximate surface area is 199 Å². The minimum absolute atomic E-state index is 0.0584. The summed E-state index contributed by atoms with van der Waals surface area (Å²) in [6.07, 6.45) is 9.40. The number of benzene rings is 1. The standard InChI is InChI=1S/C25H32FN5O3/c1-4-12-25(18(3)26)17-22(25)30(14-5-2)15-6-7-21(24(33)34)28-23(32)19-8-10-20(11-9-19)31-16-13-27-29-31/h4-5,8-13,16,18,21-22H,2,6-7,14-15,17H2,1,3H3,(H,28,32)(H,33,34)/b12-4+/t18-,21+,22-,25?/m1/s1. The third-order valence-corrected chi connectivity index (χ3v) is 6.39. The molecular weight excluding hydrogens is 437 g/mol. The summed E-state index contributed by atoms with van der Waals surface area (Å²) in [5.41, 5.74) is 0.605. The number of carboxylic acid groups (broad SMARTS) is 1. The van der Waals surface area contributed by atoms with Crippen LogP contribution in [0.2, 0.25) is 0 Å². The monoisotopic (exact) mass is 469 g/mol.